The van der Waals surface area contributed by atoms with Gasteiger partial charge in [-0.2, -0.15) is 0 Å². The molecule has 2 aromatic rings. The van der Waals surface area contributed by atoms with Crippen molar-refractivity contribution in [3.05, 3.63) is 58.1 Å². The van der Waals surface area contributed by atoms with E-state index in [9.17, 15) is 13.2 Å². The molecule has 1 heterocycles. The lowest BCUT2D eigenvalue weighted by Gasteiger charge is -2.31. The van der Waals surface area contributed by atoms with Gasteiger partial charge >= 0.3 is 0 Å². The average molecular weight is 457 g/mol. The maximum Gasteiger partial charge on any atom is 0.228 e. The van der Waals surface area contributed by atoms with Crippen LogP contribution in [0.1, 0.15) is 18.4 Å². The van der Waals surface area contributed by atoms with Crippen LogP contribution in [0.25, 0.3) is 0 Å². The minimum Gasteiger partial charge on any atom is -0.497 e. The summed E-state index contributed by atoms with van der Waals surface area (Å²) in [6, 6.07) is 11.9. The molecule has 3 rings (SSSR count). The molecule has 1 N–H and O–H groups in total. The van der Waals surface area contributed by atoms with Gasteiger partial charge in [0.15, 0.2) is 0 Å². The van der Waals surface area contributed by atoms with Crippen LogP contribution in [0.15, 0.2) is 42.5 Å². The van der Waals surface area contributed by atoms with E-state index in [4.69, 9.17) is 27.9 Å². The molecule has 1 aliphatic heterocycles. The Hall–Kier alpha value is -1.80. The Bertz CT molecular complexity index is 960. The van der Waals surface area contributed by atoms with Crippen molar-refractivity contribution in [3.8, 4) is 5.75 Å². The maximum absolute atomic E-state index is 12.9. The second kappa shape index (κ2) is 9.34. The minimum atomic E-state index is -3.66. The standard InChI is InChI=1S/C20H22Cl2N2O4S/c1-28-16-9-7-15(8-10-16)23-20(25)14-4-3-11-24(12-14)29(26,27)13-17-18(21)5-2-6-19(17)22/h2,5-10,14H,3-4,11-13H2,1H3,(H,23,25)/t14-/m0/s1. The lowest BCUT2D eigenvalue weighted by molar-refractivity contribution is -0.120. The van der Waals surface area contributed by atoms with Crippen LogP contribution in [-0.4, -0.2) is 38.8 Å². The van der Waals surface area contributed by atoms with Gasteiger partial charge in [0.05, 0.1) is 18.8 Å². The van der Waals surface area contributed by atoms with E-state index in [1.54, 1.807) is 49.6 Å². The van der Waals surface area contributed by atoms with E-state index in [-0.39, 0.29) is 18.2 Å². The number of methoxy groups -OCH3 is 1. The molecule has 0 saturated carbocycles. The van der Waals surface area contributed by atoms with Crippen molar-refractivity contribution in [3.63, 3.8) is 0 Å². The highest BCUT2D eigenvalue weighted by Gasteiger charge is 2.33. The van der Waals surface area contributed by atoms with Crippen LogP contribution in [0.2, 0.25) is 10.0 Å². The summed E-state index contributed by atoms with van der Waals surface area (Å²) in [6.45, 7) is 0.503. The molecular formula is C20H22Cl2N2O4S. The monoisotopic (exact) mass is 456 g/mol. The Kier molecular flexibility index (Phi) is 7.05. The molecule has 0 aromatic heterocycles. The van der Waals surface area contributed by atoms with Crippen molar-refractivity contribution >= 4 is 44.8 Å². The van der Waals surface area contributed by atoms with Crippen LogP contribution >= 0.6 is 23.2 Å². The van der Waals surface area contributed by atoms with Crippen LogP contribution in [0.3, 0.4) is 0 Å². The Morgan fingerprint density at radius 3 is 2.45 bits per heavy atom. The van der Waals surface area contributed by atoms with Gasteiger partial charge < -0.3 is 10.1 Å². The molecule has 1 aliphatic rings. The van der Waals surface area contributed by atoms with Gasteiger partial charge in [0.25, 0.3) is 0 Å². The fraction of sp³-hybridized carbons (Fsp3) is 0.350. The van der Waals surface area contributed by atoms with E-state index in [1.807, 2.05) is 0 Å². The minimum absolute atomic E-state index is 0.131. The molecule has 0 aliphatic carbocycles. The Labute approximate surface area is 180 Å². The number of carbonyl (C=O) groups excluding carboxylic acids is 1. The predicted octanol–water partition coefficient (Wildman–Crippen LogP) is 4.18. The predicted molar refractivity (Wildman–Crippen MR) is 115 cm³/mol. The van der Waals surface area contributed by atoms with E-state index < -0.39 is 15.9 Å². The highest BCUT2D eigenvalue weighted by molar-refractivity contribution is 7.88. The smallest absolute Gasteiger partial charge is 0.228 e. The molecule has 0 bridgehead atoms. The number of rotatable bonds is 6. The van der Waals surface area contributed by atoms with E-state index >= 15 is 0 Å². The number of anilines is 1. The molecular weight excluding hydrogens is 435 g/mol. The number of sulfonamides is 1. The zero-order chi connectivity index (χ0) is 21.0. The topological polar surface area (TPSA) is 75.7 Å². The molecule has 0 unspecified atom stereocenters. The van der Waals surface area contributed by atoms with Gasteiger partial charge in [0.2, 0.25) is 15.9 Å². The summed E-state index contributed by atoms with van der Waals surface area (Å²) in [6.07, 6.45) is 1.23. The number of amides is 1. The van der Waals surface area contributed by atoms with Crippen molar-refractivity contribution in [1.29, 1.82) is 0 Å². The number of hydrogen-bond donors (Lipinski definition) is 1. The molecule has 156 valence electrons. The quantitative estimate of drug-likeness (QED) is 0.706. The van der Waals surface area contributed by atoms with Crippen LogP contribution in [0.5, 0.6) is 5.75 Å². The molecule has 6 nitrogen and oxygen atoms in total. The van der Waals surface area contributed by atoms with Gasteiger partial charge in [-0.1, -0.05) is 29.3 Å². The molecule has 0 radical (unpaired) electrons. The van der Waals surface area contributed by atoms with Crippen LogP contribution in [0.4, 0.5) is 5.69 Å². The first kappa shape index (κ1) is 21.9. The summed E-state index contributed by atoms with van der Waals surface area (Å²) in [5.74, 6) is -0.234. The fourth-order valence-electron chi connectivity index (χ4n) is 3.27. The van der Waals surface area contributed by atoms with E-state index in [2.05, 4.69) is 5.32 Å². The molecule has 2 aromatic carbocycles. The van der Waals surface area contributed by atoms with Gasteiger partial charge in [-0.3, -0.25) is 4.79 Å². The van der Waals surface area contributed by atoms with Crippen LogP contribution in [0, 0.1) is 5.92 Å². The number of carbonyl (C=O) groups is 1. The van der Waals surface area contributed by atoms with Crippen molar-refractivity contribution in [2.75, 3.05) is 25.5 Å². The van der Waals surface area contributed by atoms with Gasteiger partial charge in [-0.25, -0.2) is 12.7 Å². The second-order valence-corrected chi connectivity index (χ2v) is 9.65. The van der Waals surface area contributed by atoms with Crippen molar-refractivity contribution in [2.24, 2.45) is 5.92 Å². The number of nitrogens with one attached hydrogen (secondary N) is 1. The van der Waals surface area contributed by atoms with Crippen LogP contribution < -0.4 is 10.1 Å². The Morgan fingerprint density at radius 1 is 1.17 bits per heavy atom. The normalized spacial score (nSPS) is 17.7. The number of piperidine rings is 1. The summed E-state index contributed by atoms with van der Waals surface area (Å²) in [5.41, 5.74) is 1.01. The molecule has 1 atom stereocenters. The number of halogens is 2. The first-order valence-corrected chi connectivity index (χ1v) is 11.5. The third-order valence-corrected chi connectivity index (χ3v) is 7.37. The number of nitrogens with zero attached hydrogens (tertiary/aromatic N) is 1. The zero-order valence-corrected chi connectivity index (χ0v) is 18.2. The number of hydrogen-bond acceptors (Lipinski definition) is 4. The van der Waals surface area contributed by atoms with Crippen molar-refractivity contribution in [2.45, 2.75) is 18.6 Å². The molecule has 29 heavy (non-hydrogen) atoms. The third-order valence-electron chi connectivity index (χ3n) is 4.89. The molecule has 9 heteroatoms. The fourth-order valence-corrected chi connectivity index (χ4v) is 5.63. The number of ether oxygens (including phenoxy) is 1. The SMILES string of the molecule is COc1ccc(NC(=O)[C@H]2CCCN(S(=O)(=O)Cc3c(Cl)cccc3Cl)C2)cc1. The van der Waals surface area contributed by atoms with E-state index in [1.165, 1.54) is 4.31 Å². The molecule has 1 fully saturated rings. The first-order chi connectivity index (χ1) is 13.8. The number of benzene rings is 2. The Balaban J connectivity index is 1.68. The lowest BCUT2D eigenvalue weighted by atomic mass is 9.99. The summed E-state index contributed by atoms with van der Waals surface area (Å²) >= 11 is 12.3. The summed E-state index contributed by atoms with van der Waals surface area (Å²) < 4.78 is 32.3. The maximum atomic E-state index is 12.9. The third kappa shape index (κ3) is 5.42. The van der Waals surface area contributed by atoms with Gasteiger partial charge in [0, 0.05) is 34.4 Å². The van der Waals surface area contributed by atoms with Crippen molar-refractivity contribution in [1.82, 2.24) is 4.31 Å². The van der Waals surface area contributed by atoms with Gasteiger partial charge in [-0.05, 0) is 49.2 Å². The van der Waals surface area contributed by atoms with Gasteiger partial charge in [-0.15, -0.1) is 0 Å². The summed E-state index contributed by atoms with van der Waals surface area (Å²) in [4.78, 5) is 12.7. The van der Waals surface area contributed by atoms with Crippen molar-refractivity contribution < 1.29 is 17.9 Å². The molecule has 1 saturated heterocycles. The summed E-state index contributed by atoms with van der Waals surface area (Å²) in [5, 5.41) is 3.47. The zero-order valence-electron chi connectivity index (χ0n) is 15.9. The summed E-state index contributed by atoms with van der Waals surface area (Å²) in [7, 11) is -2.09. The lowest BCUT2D eigenvalue weighted by Crippen LogP contribution is -2.44. The first-order valence-electron chi connectivity index (χ1n) is 9.16. The highest BCUT2D eigenvalue weighted by atomic mass is 35.5. The highest BCUT2D eigenvalue weighted by Crippen LogP contribution is 2.29. The van der Waals surface area contributed by atoms with E-state index in [0.29, 0.717) is 46.4 Å². The second-order valence-electron chi connectivity index (χ2n) is 6.87. The van der Waals surface area contributed by atoms with Gasteiger partial charge in [0.1, 0.15) is 5.75 Å². The largest absolute Gasteiger partial charge is 0.497 e. The van der Waals surface area contributed by atoms with E-state index in [0.717, 1.165) is 0 Å². The molecule has 1 amide bonds. The Morgan fingerprint density at radius 2 is 1.83 bits per heavy atom. The van der Waals surface area contributed by atoms with Crippen LogP contribution in [-0.2, 0) is 20.6 Å². The average Bonchev–Trinajstić information content (AvgIpc) is 2.71. The molecule has 0 spiro atoms.